The third kappa shape index (κ3) is 3.59. The minimum atomic E-state index is 0.536. The summed E-state index contributed by atoms with van der Waals surface area (Å²) in [7, 11) is 0. The van der Waals surface area contributed by atoms with Crippen molar-refractivity contribution in [3.8, 4) is 0 Å². The summed E-state index contributed by atoms with van der Waals surface area (Å²) >= 11 is 5.93. The molecule has 2 heterocycles. The van der Waals surface area contributed by atoms with Crippen LogP contribution in [-0.2, 0) is 13.1 Å². The lowest BCUT2D eigenvalue weighted by atomic mass is 10.2. The lowest BCUT2D eigenvalue weighted by Crippen LogP contribution is -2.45. The monoisotopic (exact) mass is 305 g/mol. The van der Waals surface area contributed by atoms with Gasteiger partial charge in [0.25, 0.3) is 0 Å². The Kier molecular flexibility index (Phi) is 4.48. The van der Waals surface area contributed by atoms with Crippen LogP contribution in [0.3, 0.4) is 0 Å². The molecule has 1 aliphatic rings. The standard InChI is InChI=1S/C16H20ClN3O/c17-14-1-3-15(4-2-14)20-7-5-19(6-8-20)11-16-9-13(10-18)12-21-16/h1-4,9,12H,5-8,10-11,18H2. The molecular formula is C16H20ClN3O. The van der Waals surface area contributed by atoms with Crippen molar-refractivity contribution in [3.05, 3.63) is 52.9 Å². The van der Waals surface area contributed by atoms with Crippen molar-refractivity contribution in [1.29, 1.82) is 0 Å². The van der Waals surface area contributed by atoms with Gasteiger partial charge in [0.15, 0.2) is 0 Å². The van der Waals surface area contributed by atoms with E-state index in [4.69, 9.17) is 21.8 Å². The van der Waals surface area contributed by atoms with E-state index < -0.39 is 0 Å². The van der Waals surface area contributed by atoms with Gasteiger partial charge in [0, 0.05) is 49.0 Å². The van der Waals surface area contributed by atoms with E-state index in [1.165, 1.54) is 5.69 Å². The van der Waals surface area contributed by atoms with E-state index in [0.29, 0.717) is 6.54 Å². The summed E-state index contributed by atoms with van der Waals surface area (Å²) in [6, 6.07) is 10.1. The molecule has 0 aliphatic carbocycles. The Labute approximate surface area is 130 Å². The second-order valence-electron chi connectivity index (χ2n) is 5.37. The van der Waals surface area contributed by atoms with Crippen LogP contribution in [0.2, 0.25) is 5.02 Å². The van der Waals surface area contributed by atoms with E-state index in [1.54, 1.807) is 6.26 Å². The first kappa shape index (κ1) is 14.4. The number of anilines is 1. The van der Waals surface area contributed by atoms with Crippen molar-refractivity contribution in [2.45, 2.75) is 13.1 Å². The molecule has 5 heteroatoms. The highest BCUT2D eigenvalue weighted by Crippen LogP contribution is 2.20. The van der Waals surface area contributed by atoms with Crippen molar-refractivity contribution >= 4 is 17.3 Å². The molecule has 0 bridgehead atoms. The SMILES string of the molecule is NCc1coc(CN2CCN(c3ccc(Cl)cc3)CC2)c1. The van der Waals surface area contributed by atoms with E-state index in [-0.39, 0.29) is 0 Å². The Morgan fingerprint density at radius 3 is 2.43 bits per heavy atom. The Balaban J connectivity index is 1.54. The molecule has 2 N–H and O–H groups in total. The molecule has 0 atom stereocenters. The van der Waals surface area contributed by atoms with Crippen LogP contribution in [0.1, 0.15) is 11.3 Å². The maximum atomic E-state index is 5.93. The van der Waals surface area contributed by atoms with Gasteiger partial charge >= 0.3 is 0 Å². The van der Waals surface area contributed by atoms with E-state index in [9.17, 15) is 0 Å². The topological polar surface area (TPSA) is 45.6 Å². The van der Waals surface area contributed by atoms with E-state index in [1.807, 2.05) is 18.2 Å². The van der Waals surface area contributed by atoms with Crippen LogP contribution in [0, 0.1) is 0 Å². The lowest BCUT2D eigenvalue weighted by Gasteiger charge is -2.35. The van der Waals surface area contributed by atoms with Gasteiger partial charge in [0.2, 0.25) is 0 Å². The molecular weight excluding hydrogens is 286 g/mol. The first-order valence-corrected chi connectivity index (χ1v) is 7.61. The zero-order valence-corrected chi connectivity index (χ0v) is 12.7. The summed E-state index contributed by atoms with van der Waals surface area (Å²) in [6.45, 7) is 5.49. The van der Waals surface area contributed by atoms with Crippen LogP contribution in [0.15, 0.2) is 41.0 Å². The van der Waals surface area contributed by atoms with Crippen LogP contribution in [0.4, 0.5) is 5.69 Å². The minimum Gasteiger partial charge on any atom is -0.468 e. The molecule has 1 aromatic heterocycles. The molecule has 0 unspecified atom stereocenters. The van der Waals surface area contributed by atoms with Crippen molar-refractivity contribution < 1.29 is 4.42 Å². The molecule has 3 rings (SSSR count). The van der Waals surface area contributed by atoms with Crippen LogP contribution in [-0.4, -0.2) is 31.1 Å². The second kappa shape index (κ2) is 6.52. The number of rotatable bonds is 4. The van der Waals surface area contributed by atoms with E-state index >= 15 is 0 Å². The van der Waals surface area contributed by atoms with Gasteiger partial charge in [-0.05, 0) is 30.3 Å². The fourth-order valence-electron chi connectivity index (χ4n) is 2.65. The summed E-state index contributed by atoms with van der Waals surface area (Å²) in [6.07, 6.45) is 1.75. The number of piperazine rings is 1. The summed E-state index contributed by atoms with van der Waals surface area (Å²) in [5.41, 5.74) is 7.90. The maximum absolute atomic E-state index is 5.93. The number of furan rings is 1. The number of nitrogens with two attached hydrogens (primary N) is 1. The molecule has 2 aromatic rings. The molecule has 112 valence electrons. The minimum absolute atomic E-state index is 0.536. The third-order valence-corrected chi connectivity index (χ3v) is 4.14. The third-order valence-electron chi connectivity index (χ3n) is 3.89. The smallest absolute Gasteiger partial charge is 0.118 e. The Morgan fingerprint density at radius 2 is 1.81 bits per heavy atom. The normalized spacial score (nSPS) is 16.4. The maximum Gasteiger partial charge on any atom is 0.118 e. The van der Waals surface area contributed by atoms with E-state index in [0.717, 1.165) is 49.1 Å². The first-order valence-electron chi connectivity index (χ1n) is 7.24. The van der Waals surface area contributed by atoms with Gasteiger partial charge in [-0.15, -0.1) is 0 Å². The number of nitrogens with zero attached hydrogens (tertiary/aromatic N) is 2. The highest BCUT2D eigenvalue weighted by Gasteiger charge is 2.18. The molecule has 0 amide bonds. The fraction of sp³-hybridized carbons (Fsp3) is 0.375. The molecule has 1 saturated heterocycles. The molecule has 0 spiro atoms. The largest absolute Gasteiger partial charge is 0.468 e. The molecule has 21 heavy (non-hydrogen) atoms. The average Bonchev–Trinajstić information content (AvgIpc) is 2.97. The Hall–Kier alpha value is -1.49. The van der Waals surface area contributed by atoms with Gasteiger partial charge in [0.05, 0.1) is 12.8 Å². The zero-order valence-electron chi connectivity index (χ0n) is 12.0. The van der Waals surface area contributed by atoms with Crippen LogP contribution in [0.25, 0.3) is 0 Å². The van der Waals surface area contributed by atoms with Crippen molar-refractivity contribution in [1.82, 2.24) is 4.90 Å². The van der Waals surface area contributed by atoms with Crippen LogP contribution < -0.4 is 10.6 Å². The molecule has 1 fully saturated rings. The van der Waals surface area contributed by atoms with Gasteiger partial charge in [0.1, 0.15) is 5.76 Å². The number of hydrogen-bond donors (Lipinski definition) is 1. The van der Waals surface area contributed by atoms with Crippen molar-refractivity contribution in [2.24, 2.45) is 5.73 Å². The van der Waals surface area contributed by atoms with Crippen LogP contribution in [0.5, 0.6) is 0 Å². The van der Waals surface area contributed by atoms with Gasteiger partial charge < -0.3 is 15.1 Å². The summed E-state index contributed by atoms with van der Waals surface area (Å²) in [5.74, 6) is 0.996. The van der Waals surface area contributed by atoms with Gasteiger partial charge in [-0.1, -0.05) is 11.6 Å². The predicted octanol–water partition coefficient (Wildman–Crippen LogP) is 2.71. The average molecular weight is 306 g/mol. The van der Waals surface area contributed by atoms with Crippen molar-refractivity contribution in [3.63, 3.8) is 0 Å². The van der Waals surface area contributed by atoms with Gasteiger partial charge in [-0.2, -0.15) is 0 Å². The summed E-state index contributed by atoms with van der Waals surface area (Å²) in [4.78, 5) is 4.80. The Bertz CT molecular complexity index is 573. The molecule has 1 aromatic carbocycles. The number of hydrogen-bond acceptors (Lipinski definition) is 4. The van der Waals surface area contributed by atoms with Crippen LogP contribution >= 0.6 is 11.6 Å². The Morgan fingerprint density at radius 1 is 1.10 bits per heavy atom. The molecule has 0 saturated carbocycles. The molecule has 4 nitrogen and oxygen atoms in total. The number of halogens is 1. The molecule has 1 aliphatic heterocycles. The van der Waals surface area contributed by atoms with Gasteiger partial charge in [-0.3, -0.25) is 4.90 Å². The number of benzene rings is 1. The first-order chi connectivity index (χ1) is 10.2. The zero-order chi connectivity index (χ0) is 14.7. The molecule has 0 radical (unpaired) electrons. The summed E-state index contributed by atoms with van der Waals surface area (Å²) < 4.78 is 5.53. The summed E-state index contributed by atoms with van der Waals surface area (Å²) in [5, 5.41) is 0.783. The quantitative estimate of drug-likeness (QED) is 0.943. The van der Waals surface area contributed by atoms with Crippen molar-refractivity contribution in [2.75, 3.05) is 31.1 Å². The van der Waals surface area contributed by atoms with Gasteiger partial charge in [-0.25, -0.2) is 0 Å². The lowest BCUT2D eigenvalue weighted by molar-refractivity contribution is 0.230. The van der Waals surface area contributed by atoms with E-state index in [2.05, 4.69) is 21.9 Å². The highest BCUT2D eigenvalue weighted by atomic mass is 35.5. The highest BCUT2D eigenvalue weighted by molar-refractivity contribution is 6.30. The second-order valence-corrected chi connectivity index (χ2v) is 5.80. The predicted molar refractivity (Wildman–Crippen MR) is 85.5 cm³/mol. The fourth-order valence-corrected chi connectivity index (χ4v) is 2.78.